The van der Waals surface area contributed by atoms with Gasteiger partial charge in [0.25, 0.3) is 0 Å². The van der Waals surface area contributed by atoms with Crippen molar-refractivity contribution < 1.29 is 27.4 Å². The first-order valence-corrected chi connectivity index (χ1v) is 10.9. The van der Waals surface area contributed by atoms with E-state index in [-0.39, 0.29) is 16.0 Å². The standard InChI is InChI=1S/C25H20F3N3O3S/c1-14(17-6-4-5-7-18(17)25(26,27)28)34-23-9-16(8-15(12-29)24(23)35)31-13-30-19-10-21(32-2)22(33-3)11-20(19)31/h4-11,13-14,23H,1-3H3/t14-,23?/m1/s1. The summed E-state index contributed by atoms with van der Waals surface area (Å²) < 4.78 is 59.0. The molecule has 10 heteroatoms. The third-order valence-corrected chi connectivity index (χ3v) is 6.10. The van der Waals surface area contributed by atoms with E-state index in [0.29, 0.717) is 28.2 Å². The lowest BCUT2D eigenvalue weighted by molar-refractivity contribution is -0.139. The molecule has 1 heterocycles. The van der Waals surface area contributed by atoms with Gasteiger partial charge >= 0.3 is 6.18 Å². The number of aromatic nitrogens is 2. The normalized spacial score (nSPS) is 16.9. The second kappa shape index (κ2) is 9.52. The molecule has 4 rings (SSSR count). The maximum absolute atomic E-state index is 13.5. The number of nitriles is 1. The fraction of sp³-hybridized carbons (Fsp3) is 0.240. The number of rotatable bonds is 6. The fourth-order valence-electron chi connectivity index (χ4n) is 3.93. The molecule has 1 aliphatic carbocycles. The molecule has 2 atom stereocenters. The van der Waals surface area contributed by atoms with E-state index in [4.69, 9.17) is 26.4 Å². The van der Waals surface area contributed by atoms with Gasteiger partial charge in [-0.2, -0.15) is 18.4 Å². The fourth-order valence-corrected chi connectivity index (χ4v) is 4.16. The second-order valence-electron chi connectivity index (χ2n) is 7.72. The quantitative estimate of drug-likeness (QED) is 0.394. The van der Waals surface area contributed by atoms with Crippen molar-refractivity contribution in [1.29, 1.82) is 5.26 Å². The summed E-state index contributed by atoms with van der Waals surface area (Å²) in [5, 5.41) is 9.66. The number of hydrogen-bond donors (Lipinski definition) is 0. The van der Waals surface area contributed by atoms with Crippen LogP contribution < -0.4 is 9.47 Å². The average Bonchev–Trinajstić information content (AvgIpc) is 3.26. The zero-order valence-electron chi connectivity index (χ0n) is 19.0. The van der Waals surface area contributed by atoms with Crippen LogP contribution in [0.3, 0.4) is 0 Å². The molecule has 0 N–H and O–H groups in total. The summed E-state index contributed by atoms with van der Waals surface area (Å²) in [5.74, 6) is 0.999. The number of methoxy groups -OCH3 is 2. The lowest BCUT2D eigenvalue weighted by Crippen LogP contribution is -2.27. The van der Waals surface area contributed by atoms with Crippen LogP contribution in [-0.2, 0) is 10.9 Å². The molecule has 0 spiro atoms. The Hall–Kier alpha value is -3.68. The number of imidazole rings is 1. The van der Waals surface area contributed by atoms with Crippen LogP contribution in [0.15, 0.2) is 60.5 Å². The number of nitrogens with zero attached hydrogens (tertiary/aromatic N) is 3. The van der Waals surface area contributed by atoms with Crippen molar-refractivity contribution >= 4 is 33.8 Å². The molecular weight excluding hydrogens is 479 g/mol. The van der Waals surface area contributed by atoms with Crippen molar-refractivity contribution in [3.63, 3.8) is 0 Å². The third kappa shape index (κ3) is 4.65. The van der Waals surface area contributed by atoms with E-state index in [1.165, 1.54) is 39.3 Å². The molecule has 0 radical (unpaired) electrons. The van der Waals surface area contributed by atoms with Crippen LogP contribution in [0.4, 0.5) is 13.2 Å². The molecule has 1 aliphatic rings. The predicted molar refractivity (Wildman–Crippen MR) is 128 cm³/mol. The van der Waals surface area contributed by atoms with Crippen molar-refractivity contribution in [3.05, 3.63) is 71.6 Å². The molecule has 1 aromatic heterocycles. The Morgan fingerprint density at radius 3 is 2.49 bits per heavy atom. The van der Waals surface area contributed by atoms with Crippen molar-refractivity contribution in [2.24, 2.45) is 0 Å². The van der Waals surface area contributed by atoms with Crippen molar-refractivity contribution in [2.45, 2.75) is 25.3 Å². The van der Waals surface area contributed by atoms with E-state index in [9.17, 15) is 18.4 Å². The monoisotopic (exact) mass is 499 g/mol. The predicted octanol–water partition coefficient (Wildman–Crippen LogP) is 5.89. The first kappa shape index (κ1) is 24.4. The van der Waals surface area contributed by atoms with Gasteiger partial charge in [-0.15, -0.1) is 0 Å². The Morgan fingerprint density at radius 2 is 1.83 bits per heavy atom. The molecule has 35 heavy (non-hydrogen) atoms. The van der Waals surface area contributed by atoms with E-state index in [1.54, 1.807) is 35.2 Å². The number of fused-ring (bicyclic) bond motifs is 1. The zero-order valence-corrected chi connectivity index (χ0v) is 19.8. The summed E-state index contributed by atoms with van der Waals surface area (Å²) >= 11 is 5.43. The van der Waals surface area contributed by atoms with Gasteiger partial charge in [0.2, 0.25) is 0 Å². The number of alkyl halides is 3. The molecule has 0 saturated carbocycles. The summed E-state index contributed by atoms with van der Waals surface area (Å²) in [7, 11) is 3.04. The largest absolute Gasteiger partial charge is 0.493 e. The topological polar surface area (TPSA) is 69.3 Å². The smallest absolute Gasteiger partial charge is 0.416 e. The summed E-state index contributed by atoms with van der Waals surface area (Å²) in [4.78, 5) is 4.59. The van der Waals surface area contributed by atoms with E-state index in [2.05, 4.69) is 11.1 Å². The van der Waals surface area contributed by atoms with Gasteiger partial charge in [-0.1, -0.05) is 30.4 Å². The van der Waals surface area contributed by atoms with Crippen LogP contribution in [0.5, 0.6) is 11.5 Å². The van der Waals surface area contributed by atoms with Gasteiger partial charge in [0.05, 0.1) is 47.4 Å². The molecule has 0 aliphatic heterocycles. The average molecular weight is 500 g/mol. The Morgan fingerprint density at radius 1 is 1.14 bits per heavy atom. The maximum atomic E-state index is 13.5. The second-order valence-corrected chi connectivity index (χ2v) is 8.16. The van der Waals surface area contributed by atoms with Gasteiger partial charge in [-0.25, -0.2) is 4.98 Å². The maximum Gasteiger partial charge on any atom is 0.416 e. The molecule has 6 nitrogen and oxygen atoms in total. The molecule has 0 saturated heterocycles. The molecule has 0 fully saturated rings. The van der Waals surface area contributed by atoms with Crippen LogP contribution in [0, 0.1) is 11.3 Å². The highest BCUT2D eigenvalue weighted by atomic mass is 32.1. The van der Waals surface area contributed by atoms with E-state index < -0.39 is 23.9 Å². The van der Waals surface area contributed by atoms with Gasteiger partial charge in [-0.3, -0.25) is 4.57 Å². The minimum Gasteiger partial charge on any atom is -0.493 e. The number of halogens is 3. The number of benzene rings is 2. The number of hydrogen-bond acceptors (Lipinski definition) is 6. The molecule has 1 unspecified atom stereocenters. The van der Waals surface area contributed by atoms with Gasteiger partial charge in [0.1, 0.15) is 18.5 Å². The molecule has 2 aromatic carbocycles. The number of ether oxygens (including phenoxy) is 3. The van der Waals surface area contributed by atoms with Crippen LogP contribution in [0.25, 0.3) is 16.7 Å². The summed E-state index contributed by atoms with van der Waals surface area (Å²) in [6, 6.07) is 10.7. The Labute approximate surface area is 204 Å². The lowest BCUT2D eigenvalue weighted by Gasteiger charge is -2.26. The highest BCUT2D eigenvalue weighted by molar-refractivity contribution is 7.81. The van der Waals surface area contributed by atoms with Crippen molar-refractivity contribution in [1.82, 2.24) is 9.55 Å². The first-order chi connectivity index (χ1) is 16.7. The van der Waals surface area contributed by atoms with Gasteiger partial charge in [-0.05, 0) is 30.7 Å². The minimum absolute atomic E-state index is 0.0178. The number of allylic oxidation sites excluding steroid dienone is 2. The Balaban J connectivity index is 1.74. The highest BCUT2D eigenvalue weighted by Gasteiger charge is 2.35. The molecular formula is C25H20F3N3O3S. The molecule has 3 aromatic rings. The van der Waals surface area contributed by atoms with Crippen LogP contribution in [0.2, 0.25) is 0 Å². The van der Waals surface area contributed by atoms with E-state index in [0.717, 1.165) is 6.07 Å². The van der Waals surface area contributed by atoms with Gasteiger partial charge in [0, 0.05) is 17.8 Å². The third-order valence-electron chi connectivity index (χ3n) is 5.64. The Kier molecular flexibility index (Phi) is 6.65. The SMILES string of the molecule is COc1cc2ncn(C3=CC(O[C@H](C)c4ccccc4C(F)(F)F)C(=S)C(C#N)=C3)c2cc1OC. The summed E-state index contributed by atoms with van der Waals surface area (Å²) in [5.41, 5.74) is 1.21. The van der Waals surface area contributed by atoms with Crippen molar-refractivity contribution in [2.75, 3.05) is 14.2 Å². The highest BCUT2D eigenvalue weighted by Crippen LogP contribution is 2.37. The zero-order chi connectivity index (χ0) is 25.3. The molecule has 180 valence electrons. The summed E-state index contributed by atoms with van der Waals surface area (Å²) in [6.45, 7) is 1.52. The number of thiocarbonyl (C=S) groups is 1. The first-order valence-electron chi connectivity index (χ1n) is 10.5. The molecule has 0 amide bonds. The van der Waals surface area contributed by atoms with Crippen molar-refractivity contribution in [3.8, 4) is 17.6 Å². The minimum atomic E-state index is -4.53. The lowest BCUT2D eigenvalue weighted by atomic mass is 9.99. The van der Waals surface area contributed by atoms with Crippen LogP contribution in [-0.4, -0.2) is 34.7 Å². The van der Waals surface area contributed by atoms with Crippen LogP contribution >= 0.6 is 12.2 Å². The van der Waals surface area contributed by atoms with E-state index in [1.807, 2.05) is 0 Å². The van der Waals surface area contributed by atoms with Crippen LogP contribution in [0.1, 0.15) is 24.2 Å². The van der Waals surface area contributed by atoms with E-state index >= 15 is 0 Å². The summed E-state index contributed by atoms with van der Waals surface area (Å²) in [6.07, 6.45) is -1.57. The Bertz CT molecular complexity index is 1400. The van der Waals surface area contributed by atoms with Gasteiger partial charge in [0.15, 0.2) is 11.5 Å². The molecule has 0 bridgehead atoms. The van der Waals surface area contributed by atoms with Gasteiger partial charge < -0.3 is 14.2 Å².